The van der Waals surface area contributed by atoms with Gasteiger partial charge in [-0.2, -0.15) is 0 Å². The molecule has 1 heterocycles. The summed E-state index contributed by atoms with van der Waals surface area (Å²) in [5.41, 5.74) is 1.93. The normalized spacial score (nSPS) is 15.9. The molecule has 1 saturated heterocycles. The molecule has 2 radical (unpaired) electrons. The van der Waals surface area contributed by atoms with Crippen molar-refractivity contribution in [1.29, 1.82) is 0 Å². The summed E-state index contributed by atoms with van der Waals surface area (Å²) < 4.78 is 5.10. The van der Waals surface area contributed by atoms with Gasteiger partial charge in [0.05, 0.1) is 26.0 Å². The number of nitro groups is 1. The van der Waals surface area contributed by atoms with E-state index in [9.17, 15) is 10.1 Å². The molecule has 1 atom stereocenters. The molecule has 124 valence electrons. The van der Waals surface area contributed by atoms with Crippen LogP contribution in [0.15, 0.2) is 54.6 Å². The molecule has 0 aliphatic carbocycles. The number of rotatable bonds is 3. The third-order valence-corrected chi connectivity index (χ3v) is 3.86. The SMILES string of the molecule is CN1CCOCC1.[B]C(c1ccccc1)c1ccc([N+](=O)[O-])cc1. The lowest BCUT2D eigenvalue weighted by atomic mass is 9.76. The molecule has 1 fully saturated rings. The Balaban J connectivity index is 0.000000249. The van der Waals surface area contributed by atoms with Crippen LogP contribution in [0.25, 0.3) is 0 Å². The van der Waals surface area contributed by atoms with E-state index in [-0.39, 0.29) is 11.5 Å². The molecule has 3 rings (SSSR count). The minimum Gasteiger partial charge on any atom is -0.379 e. The predicted molar refractivity (Wildman–Crippen MR) is 95.5 cm³/mol. The van der Waals surface area contributed by atoms with Gasteiger partial charge in [0.25, 0.3) is 5.69 Å². The average molecular weight is 324 g/mol. The second-order valence-corrected chi connectivity index (χ2v) is 5.65. The molecule has 2 aromatic rings. The molecule has 24 heavy (non-hydrogen) atoms. The van der Waals surface area contributed by atoms with E-state index in [1.54, 1.807) is 12.1 Å². The first-order valence-corrected chi connectivity index (χ1v) is 7.89. The van der Waals surface area contributed by atoms with Crippen LogP contribution in [0.5, 0.6) is 0 Å². The maximum absolute atomic E-state index is 10.5. The topological polar surface area (TPSA) is 55.6 Å². The van der Waals surface area contributed by atoms with Gasteiger partial charge in [-0.3, -0.25) is 10.1 Å². The highest BCUT2D eigenvalue weighted by atomic mass is 16.6. The van der Waals surface area contributed by atoms with E-state index in [4.69, 9.17) is 12.6 Å². The second kappa shape index (κ2) is 9.20. The van der Waals surface area contributed by atoms with Gasteiger partial charge in [0, 0.05) is 25.2 Å². The quantitative estimate of drug-likeness (QED) is 0.495. The van der Waals surface area contributed by atoms with E-state index in [1.165, 1.54) is 12.1 Å². The Labute approximate surface area is 143 Å². The molecule has 1 aliphatic rings. The summed E-state index contributed by atoms with van der Waals surface area (Å²) in [6.07, 6.45) is 0. The molecule has 1 unspecified atom stereocenters. The Kier molecular flexibility index (Phi) is 6.97. The van der Waals surface area contributed by atoms with Gasteiger partial charge in [-0.25, -0.2) is 0 Å². The highest BCUT2D eigenvalue weighted by molar-refractivity contribution is 6.14. The first-order valence-electron chi connectivity index (χ1n) is 7.89. The summed E-state index contributed by atoms with van der Waals surface area (Å²) in [6.45, 7) is 4.02. The minimum atomic E-state index is -0.419. The summed E-state index contributed by atoms with van der Waals surface area (Å²) in [5, 5.41) is 10.5. The van der Waals surface area contributed by atoms with Crippen molar-refractivity contribution in [3.8, 4) is 0 Å². The number of non-ortho nitro benzene ring substituents is 1. The number of nitro benzene ring substituents is 1. The van der Waals surface area contributed by atoms with E-state index in [0.717, 1.165) is 37.4 Å². The van der Waals surface area contributed by atoms with E-state index >= 15 is 0 Å². The van der Waals surface area contributed by atoms with Crippen LogP contribution in [0.4, 0.5) is 5.69 Å². The fourth-order valence-electron chi connectivity index (χ4n) is 2.31. The summed E-state index contributed by atoms with van der Waals surface area (Å²) >= 11 is 0. The van der Waals surface area contributed by atoms with Crippen LogP contribution in [-0.4, -0.2) is 51.0 Å². The maximum atomic E-state index is 10.5. The molecule has 5 nitrogen and oxygen atoms in total. The minimum absolute atomic E-state index is 0.0778. The van der Waals surface area contributed by atoms with Crippen molar-refractivity contribution in [2.45, 2.75) is 5.82 Å². The summed E-state index contributed by atoms with van der Waals surface area (Å²) in [4.78, 5) is 12.4. The van der Waals surface area contributed by atoms with Gasteiger partial charge in [0.2, 0.25) is 0 Å². The molecule has 0 aromatic heterocycles. The smallest absolute Gasteiger partial charge is 0.269 e. The van der Waals surface area contributed by atoms with Gasteiger partial charge in [-0.1, -0.05) is 42.5 Å². The standard InChI is InChI=1S/C13H10BNO2.C5H11NO/c14-13(10-4-2-1-3-5-10)11-6-8-12(9-7-11)15(16)17;1-6-2-4-7-5-3-6/h1-9,13H;2-5H2,1H3. The lowest BCUT2D eigenvalue weighted by Gasteiger charge is -2.21. The summed E-state index contributed by atoms with van der Waals surface area (Å²) in [5.74, 6) is -0.253. The van der Waals surface area contributed by atoms with Crippen molar-refractivity contribution in [2.24, 2.45) is 0 Å². The maximum Gasteiger partial charge on any atom is 0.269 e. The van der Waals surface area contributed by atoms with Crippen LogP contribution in [0.3, 0.4) is 0 Å². The van der Waals surface area contributed by atoms with E-state index in [2.05, 4.69) is 11.9 Å². The number of nitrogens with zero attached hydrogens (tertiary/aromatic N) is 2. The number of benzene rings is 2. The van der Waals surface area contributed by atoms with Gasteiger partial charge < -0.3 is 9.64 Å². The van der Waals surface area contributed by atoms with Crippen LogP contribution in [0.1, 0.15) is 16.9 Å². The largest absolute Gasteiger partial charge is 0.379 e. The molecule has 6 heteroatoms. The monoisotopic (exact) mass is 324 g/mol. The molecule has 0 N–H and O–H groups in total. The first-order chi connectivity index (χ1) is 11.6. The lowest BCUT2D eigenvalue weighted by Crippen LogP contribution is -2.32. The Hall–Kier alpha value is -2.18. The van der Waals surface area contributed by atoms with Gasteiger partial charge in [-0.15, -0.1) is 0 Å². The zero-order chi connectivity index (χ0) is 17.4. The van der Waals surface area contributed by atoms with Crippen molar-refractivity contribution >= 4 is 13.5 Å². The number of hydrogen-bond acceptors (Lipinski definition) is 4. The average Bonchev–Trinajstić information content (AvgIpc) is 2.63. The van der Waals surface area contributed by atoms with Crippen molar-refractivity contribution in [2.75, 3.05) is 33.4 Å². The molecule has 1 aliphatic heterocycles. The number of hydrogen-bond donors (Lipinski definition) is 0. The Morgan fingerprint density at radius 3 is 2.04 bits per heavy atom. The molecule has 2 aromatic carbocycles. The van der Waals surface area contributed by atoms with Crippen LogP contribution in [0.2, 0.25) is 0 Å². The molecule has 0 bridgehead atoms. The summed E-state index contributed by atoms with van der Waals surface area (Å²) in [6, 6.07) is 16.0. The third-order valence-electron chi connectivity index (χ3n) is 3.86. The highest BCUT2D eigenvalue weighted by Gasteiger charge is 2.10. The van der Waals surface area contributed by atoms with Crippen molar-refractivity contribution in [3.05, 3.63) is 75.8 Å². The van der Waals surface area contributed by atoms with Crippen LogP contribution in [0, 0.1) is 10.1 Å². The van der Waals surface area contributed by atoms with Crippen molar-refractivity contribution in [3.63, 3.8) is 0 Å². The predicted octanol–water partition coefficient (Wildman–Crippen LogP) is 2.80. The van der Waals surface area contributed by atoms with Crippen LogP contribution >= 0.6 is 0 Å². The van der Waals surface area contributed by atoms with Crippen LogP contribution < -0.4 is 0 Å². The highest BCUT2D eigenvalue weighted by Crippen LogP contribution is 2.23. The molecule has 0 spiro atoms. The molecule has 0 amide bonds. The second-order valence-electron chi connectivity index (χ2n) is 5.65. The van der Waals surface area contributed by atoms with Crippen molar-refractivity contribution < 1.29 is 9.66 Å². The Bertz CT molecular complexity index is 628. The zero-order valence-corrected chi connectivity index (χ0v) is 13.8. The Morgan fingerprint density at radius 2 is 1.58 bits per heavy atom. The van der Waals surface area contributed by atoms with Gasteiger partial charge in [0.15, 0.2) is 0 Å². The first kappa shape index (κ1) is 18.2. The van der Waals surface area contributed by atoms with E-state index < -0.39 is 4.92 Å². The zero-order valence-electron chi connectivity index (χ0n) is 13.8. The van der Waals surface area contributed by atoms with Gasteiger partial charge in [-0.05, 0) is 24.0 Å². The number of morpholine rings is 1. The number of ether oxygens (including phenoxy) is 1. The van der Waals surface area contributed by atoms with E-state index in [0.29, 0.717) is 0 Å². The number of likely N-dealkylation sites (N-methyl/N-ethyl adjacent to an activating group) is 1. The fraction of sp³-hybridized carbons (Fsp3) is 0.333. The summed E-state index contributed by atoms with van der Waals surface area (Å²) in [7, 11) is 8.19. The van der Waals surface area contributed by atoms with E-state index in [1.807, 2.05) is 30.3 Å². The third kappa shape index (κ3) is 5.47. The van der Waals surface area contributed by atoms with Gasteiger partial charge in [0.1, 0.15) is 0 Å². The molecular formula is C18H21BN2O3. The van der Waals surface area contributed by atoms with Crippen molar-refractivity contribution in [1.82, 2.24) is 4.90 Å². The van der Waals surface area contributed by atoms with Crippen LogP contribution in [-0.2, 0) is 4.74 Å². The Morgan fingerprint density at radius 1 is 1.04 bits per heavy atom. The van der Waals surface area contributed by atoms with Gasteiger partial charge >= 0.3 is 0 Å². The fourth-order valence-corrected chi connectivity index (χ4v) is 2.31. The molecule has 0 saturated carbocycles. The molecular weight excluding hydrogens is 303 g/mol. The lowest BCUT2D eigenvalue weighted by molar-refractivity contribution is -0.384.